The van der Waals surface area contributed by atoms with E-state index >= 15 is 0 Å². The molecule has 1 saturated heterocycles. The first-order valence-corrected chi connectivity index (χ1v) is 4.93. The Bertz CT molecular complexity index is 200. The molecule has 0 bridgehead atoms. The maximum absolute atomic E-state index is 9.53. The summed E-state index contributed by atoms with van der Waals surface area (Å²) in [7, 11) is 0. The van der Waals surface area contributed by atoms with E-state index in [2.05, 4.69) is 0 Å². The zero-order chi connectivity index (χ0) is 11.6. The lowest BCUT2D eigenvalue weighted by Gasteiger charge is -2.40. The number of ether oxygens (including phenoxy) is 2. The predicted molar refractivity (Wildman–Crippen MR) is 60.4 cm³/mol. The summed E-state index contributed by atoms with van der Waals surface area (Å²) >= 11 is 0. The fourth-order valence-corrected chi connectivity index (χ4v) is 1.45. The van der Waals surface area contributed by atoms with E-state index in [1.54, 1.807) is 13.8 Å². The third-order valence-corrected chi connectivity index (χ3v) is 2.25. The molecule has 5 atom stereocenters. The van der Waals surface area contributed by atoms with Crippen molar-refractivity contribution in [2.75, 3.05) is 6.61 Å². The van der Waals surface area contributed by atoms with Crippen molar-refractivity contribution in [3.05, 3.63) is 0 Å². The Balaban J connectivity index is 0.00000225. The third-order valence-electron chi connectivity index (χ3n) is 2.25. The quantitative estimate of drug-likeness (QED) is 0.481. The van der Waals surface area contributed by atoms with Crippen molar-refractivity contribution >= 4 is 13.5 Å². The Labute approximate surface area is 101 Å². The van der Waals surface area contributed by atoms with Crippen LogP contribution in [0.3, 0.4) is 0 Å². The van der Waals surface area contributed by atoms with Crippen molar-refractivity contribution < 1.29 is 29.9 Å². The van der Waals surface area contributed by atoms with Crippen LogP contribution in [0.5, 0.6) is 0 Å². The molecule has 0 amide bonds. The lowest BCUT2D eigenvalue weighted by atomic mass is 9.99. The normalized spacial score (nSPS) is 39.6. The van der Waals surface area contributed by atoms with Gasteiger partial charge < -0.3 is 29.9 Å². The minimum atomic E-state index is -1.38. The van der Waals surface area contributed by atoms with Crippen molar-refractivity contribution in [1.82, 2.24) is 0 Å². The van der Waals surface area contributed by atoms with Gasteiger partial charge in [-0.1, -0.05) is 0 Å². The minimum absolute atomic E-state index is 0. The lowest BCUT2D eigenvalue weighted by molar-refractivity contribution is -0.308. The van der Waals surface area contributed by atoms with E-state index in [0.29, 0.717) is 0 Å². The number of hydrogen-bond donors (Lipinski definition) is 4. The van der Waals surface area contributed by atoms with Gasteiger partial charge in [0.05, 0.1) is 12.7 Å². The SMILES string of the molecule is CC(C)O[C@@H]1O[C@H](CO)[C@H](O)[C@H](O)[C@H]1O.S. The molecule has 7 heteroatoms. The summed E-state index contributed by atoms with van der Waals surface area (Å²) in [5.41, 5.74) is 0. The molecule has 0 saturated carbocycles. The summed E-state index contributed by atoms with van der Waals surface area (Å²) in [6.45, 7) is 3.06. The summed E-state index contributed by atoms with van der Waals surface area (Å²) in [4.78, 5) is 0. The predicted octanol–water partition coefficient (Wildman–Crippen LogP) is -1.68. The van der Waals surface area contributed by atoms with Gasteiger partial charge in [0.2, 0.25) is 0 Å². The van der Waals surface area contributed by atoms with Crippen LogP contribution in [-0.2, 0) is 9.47 Å². The zero-order valence-corrected chi connectivity index (χ0v) is 10.3. The Morgan fingerprint density at radius 2 is 1.69 bits per heavy atom. The topological polar surface area (TPSA) is 99.4 Å². The van der Waals surface area contributed by atoms with E-state index in [-0.39, 0.29) is 19.6 Å². The van der Waals surface area contributed by atoms with Gasteiger partial charge >= 0.3 is 0 Å². The molecular weight excluding hydrogens is 236 g/mol. The van der Waals surface area contributed by atoms with E-state index < -0.39 is 37.3 Å². The lowest BCUT2D eigenvalue weighted by Crippen LogP contribution is -2.59. The largest absolute Gasteiger partial charge is 0.394 e. The first-order valence-electron chi connectivity index (χ1n) is 4.93. The molecule has 98 valence electrons. The van der Waals surface area contributed by atoms with Crippen LogP contribution in [-0.4, -0.2) is 63.8 Å². The smallest absolute Gasteiger partial charge is 0.186 e. The first-order chi connectivity index (χ1) is 6.97. The number of aliphatic hydroxyl groups is 4. The second-order valence-electron chi connectivity index (χ2n) is 3.88. The first kappa shape index (κ1) is 16.1. The number of aliphatic hydroxyl groups excluding tert-OH is 4. The van der Waals surface area contributed by atoms with Crippen LogP contribution in [0.1, 0.15) is 13.8 Å². The summed E-state index contributed by atoms with van der Waals surface area (Å²) in [5.74, 6) is 0. The van der Waals surface area contributed by atoms with Crippen LogP contribution < -0.4 is 0 Å². The molecule has 0 aliphatic carbocycles. The van der Waals surface area contributed by atoms with Gasteiger partial charge in [-0.3, -0.25) is 0 Å². The minimum Gasteiger partial charge on any atom is -0.394 e. The van der Waals surface area contributed by atoms with Crippen molar-refractivity contribution in [3.8, 4) is 0 Å². The molecule has 16 heavy (non-hydrogen) atoms. The Morgan fingerprint density at radius 1 is 1.12 bits per heavy atom. The van der Waals surface area contributed by atoms with Crippen LogP contribution in [0, 0.1) is 0 Å². The summed E-state index contributed by atoms with van der Waals surface area (Å²) in [5, 5.41) is 37.3. The second-order valence-corrected chi connectivity index (χ2v) is 3.88. The van der Waals surface area contributed by atoms with Crippen molar-refractivity contribution in [2.45, 2.75) is 50.7 Å². The monoisotopic (exact) mass is 256 g/mol. The maximum atomic E-state index is 9.53. The molecule has 0 spiro atoms. The van der Waals surface area contributed by atoms with Gasteiger partial charge in [-0.05, 0) is 13.8 Å². The maximum Gasteiger partial charge on any atom is 0.186 e. The van der Waals surface area contributed by atoms with Gasteiger partial charge in [-0.2, -0.15) is 13.5 Å². The Morgan fingerprint density at radius 3 is 2.12 bits per heavy atom. The molecule has 1 aliphatic rings. The van der Waals surface area contributed by atoms with E-state index in [1.165, 1.54) is 0 Å². The zero-order valence-electron chi connectivity index (χ0n) is 9.28. The average molecular weight is 256 g/mol. The van der Waals surface area contributed by atoms with Gasteiger partial charge in [-0.25, -0.2) is 0 Å². The average Bonchev–Trinajstić information content (AvgIpc) is 2.18. The van der Waals surface area contributed by atoms with Gasteiger partial charge in [-0.15, -0.1) is 0 Å². The fourth-order valence-electron chi connectivity index (χ4n) is 1.45. The molecule has 0 radical (unpaired) electrons. The molecule has 6 nitrogen and oxygen atoms in total. The van der Waals surface area contributed by atoms with Crippen molar-refractivity contribution in [3.63, 3.8) is 0 Å². The molecule has 0 aromatic heterocycles. The molecule has 1 aliphatic heterocycles. The second kappa shape index (κ2) is 6.75. The summed E-state index contributed by atoms with van der Waals surface area (Å²) in [6.07, 6.45) is -6.15. The highest BCUT2D eigenvalue weighted by Crippen LogP contribution is 2.22. The molecule has 1 heterocycles. The highest BCUT2D eigenvalue weighted by atomic mass is 32.1. The van der Waals surface area contributed by atoms with Crippen LogP contribution in [0.2, 0.25) is 0 Å². The molecule has 4 N–H and O–H groups in total. The van der Waals surface area contributed by atoms with Crippen LogP contribution in [0.4, 0.5) is 0 Å². The highest BCUT2D eigenvalue weighted by molar-refractivity contribution is 7.59. The van der Waals surface area contributed by atoms with Crippen LogP contribution >= 0.6 is 13.5 Å². The molecule has 0 aromatic carbocycles. The van der Waals surface area contributed by atoms with E-state index in [4.69, 9.17) is 14.6 Å². The van der Waals surface area contributed by atoms with E-state index in [1.807, 2.05) is 0 Å². The molecule has 1 fully saturated rings. The third kappa shape index (κ3) is 3.56. The van der Waals surface area contributed by atoms with Gasteiger partial charge in [0.15, 0.2) is 6.29 Å². The molecule has 0 aromatic rings. The van der Waals surface area contributed by atoms with Gasteiger partial charge in [0, 0.05) is 0 Å². The Kier molecular flexibility index (Phi) is 6.80. The molecular formula is C9H20O6S. The molecule has 0 unspecified atom stereocenters. The van der Waals surface area contributed by atoms with Crippen molar-refractivity contribution in [2.24, 2.45) is 0 Å². The molecule has 1 rings (SSSR count). The Hall–Kier alpha value is 0.110. The van der Waals surface area contributed by atoms with Gasteiger partial charge in [0.1, 0.15) is 24.4 Å². The highest BCUT2D eigenvalue weighted by Gasteiger charge is 2.44. The summed E-state index contributed by atoms with van der Waals surface area (Å²) < 4.78 is 10.3. The number of hydrogen-bond acceptors (Lipinski definition) is 6. The van der Waals surface area contributed by atoms with Crippen LogP contribution in [0.25, 0.3) is 0 Å². The number of rotatable bonds is 3. The van der Waals surface area contributed by atoms with Gasteiger partial charge in [0.25, 0.3) is 0 Å². The standard InChI is InChI=1S/C9H18O6.H2S/c1-4(2)14-9-8(13)7(12)6(11)5(3-10)15-9;/h4-13H,3H2,1-2H3;1H2/t5-,6+,7+,8-,9-;/m1./s1. The van der Waals surface area contributed by atoms with Crippen LogP contribution in [0.15, 0.2) is 0 Å². The van der Waals surface area contributed by atoms with E-state index in [0.717, 1.165) is 0 Å². The van der Waals surface area contributed by atoms with Crippen molar-refractivity contribution in [1.29, 1.82) is 0 Å². The van der Waals surface area contributed by atoms with E-state index in [9.17, 15) is 15.3 Å². The summed E-state index contributed by atoms with van der Waals surface area (Å²) in [6, 6.07) is 0. The fraction of sp³-hybridized carbons (Fsp3) is 1.00.